The normalized spacial score (nSPS) is 24.9. The zero-order valence-electron chi connectivity index (χ0n) is 9.05. The van der Waals surface area contributed by atoms with E-state index in [1.165, 1.54) is 12.1 Å². The fourth-order valence-corrected chi connectivity index (χ4v) is 2.12. The molecule has 0 aliphatic carbocycles. The van der Waals surface area contributed by atoms with Crippen LogP contribution in [0.2, 0.25) is 0 Å². The van der Waals surface area contributed by atoms with Crippen molar-refractivity contribution in [2.24, 2.45) is 5.41 Å². The van der Waals surface area contributed by atoms with Gasteiger partial charge in [0.15, 0.2) is 5.78 Å². The minimum Gasteiger partial charge on any atom is -0.315 e. The van der Waals surface area contributed by atoms with Crippen molar-refractivity contribution in [1.82, 2.24) is 5.32 Å². The lowest BCUT2D eigenvalue weighted by Gasteiger charge is -2.29. The summed E-state index contributed by atoms with van der Waals surface area (Å²) in [5.41, 5.74) is -2.14. The van der Waals surface area contributed by atoms with Crippen LogP contribution in [-0.2, 0) is 0 Å². The molecule has 0 amide bonds. The second-order valence-corrected chi connectivity index (χ2v) is 4.20. The molecule has 0 bridgehead atoms. The Morgan fingerprint density at radius 3 is 2.35 bits per heavy atom. The van der Waals surface area contributed by atoms with Crippen LogP contribution in [0, 0.1) is 5.41 Å². The molecule has 0 spiro atoms. The van der Waals surface area contributed by atoms with E-state index in [1.54, 1.807) is 18.2 Å². The van der Waals surface area contributed by atoms with Crippen molar-refractivity contribution in [3.8, 4) is 0 Å². The molecule has 1 saturated heterocycles. The zero-order chi connectivity index (χ0) is 12.5. The Labute approximate surface area is 96.8 Å². The molecule has 1 fully saturated rings. The van der Waals surface area contributed by atoms with Gasteiger partial charge in [-0.05, 0) is 13.0 Å². The van der Waals surface area contributed by atoms with Gasteiger partial charge in [0.05, 0.1) is 0 Å². The van der Waals surface area contributed by atoms with Gasteiger partial charge in [-0.3, -0.25) is 4.79 Å². The third kappa shape index (κ3) is 1.95. The summed E-state index contributed by atoms with van der Waals surface area (Å²) in [4.78, 5) is 12.1. The molecule has 17 heavy (non-hydrogen) atoms. The van der Waals surface area contributed by atoms with Gasteiger partial charge in [0, 0.05) is 12.1 Å². The minimum absolute atomic E-state index is 0.119. The largest absolute Gasteiger partial charge is 0.402 e. The standard InChI is InChI=1S/C12H12F3NO/c13-12(14,15)11(6-7-16-8-11)10(17)9-4-2-1-3-5-9/h1-5,16H,6-8H2. The van der Waals surface area contributed by atoms with E-state index in [9.17, 15) is 18.0 Å². The predicted molar refractivity (Wildman–Crippen MR) is 56.7 cm³/mol. The fraction of sp³-hybridized carbons (Fsp3) is 0.417. The summed E-state index contributed by atoms with van der Waals surface area (Å²) in [5, 5.41) is 2.63. The van der Waals surface area contributed by atoms with Crippen LogP contribution in [0.3, 0.4) is 0 Å². The Morgan fingerprint density at radius 2 is 1.88 bits per heavy atom. The molecule has 0 saturated carbocycles. The number of hydrogen-bond acceptors (Lipinski definition) is 2. The van der Waals surface area contributed by atoms with E-state index >= 15 is 0 Å². The summed E-state index contributed by atoms with van der Waals surface area (Å²) in [6, 6.07) is 7.66. The van der Waals surface area contributed by atoms with E-state index in [1.807, 2.05) is 0 Å². The SMILES string of the molecule is O=C(c1ccccc1)C1(C(F)(F)F)CCNC1. The zero-order valence-corrected chi connectivity index (χ0v) is 9.05. The van der Waals surface area contributed by atoms with Gasteiger partial charge in [0.2, 0.25) is 0 Å². The molecule has 1 unspecified atom stereocenters. The molecule has 2 nitrogen and oxygen atoms in total. The number of hydrogen-bond donors (Lipinski definition) is 1. The smallest absolute Gasteiger partial charge is 0.315 e. The fourth-order valence-electron chi connectivity index (χ4n) is 2.12. The Morgan fingerprint density at radius 1 is 1.24 bits per heavy atom. The summed E-state index contributed by atoms with van der Waals surface area (Å²) in [6.07, 6.45) is -4.70. The van der Waals surface area contributed by atoms with Gasteiger partial charge in [-0.15, -0.1) is 0 Å². The van der Waals surface area contributed by atoms with Gasteiger partial charge in [-0.2, -0.15) is 13.2 Å². The monoisotopic (exact) mass is 243 g/mol. The van der Waals surface area contributed by atoms with Crippen molar-refractivity contribution in [3.63, 3.8) is 0 Å². The van der Waals surface area contributed by atoms with Crippen molar-refractivity contribution in [1.29, 1.82) is 0 Å². The molecule has 92 valence electrons. The second-order valence-electron chi connectivity index (χ2n) is 4.20. The first kappa shape index (κ1) is 12.1. The number of Topliss-reactive ketones (excluding diaryl/α,β-unsaturated/α-hetero) is 1. The number of alkyl halides is 3. The number of nitrogens with one attached hydrogen (secondary N) is 1. The lowest BCUT2D eigenvalue weighted by molar-refractivity contribution is -0.197. The molecule has 0 aromatic heterocycles. The quantitative estimate of drug-likeness (QED) is 0.808. The van der Waals surface area contributed by atoms with Crippen molar-refractivity contribution in [2.75, 3.05) is 13.1 Å². The highest BCUT2D eigenvalue weighted by atomic mass is 19.4. The molecule has 1 aliphatic rings. The molecule has 5 heteroatoms. The summed E-state index contributed by atoms with van der Waals surface area (Å²) in [5.74, 6) is -0.837. The van der Waals surface area contributed by atoms with Gasteiger partial charge < -0.3 is 5.32 Å². The van der Waals surface area contributed by atoms with Gasteiger partial charge in [-0.1, -0.05) is 30.3 Å². The number of halogens is 3. The summed E-state index contributed by atoms with van der Waals surface area (Å²) >= 11 is 0. The topological polar surface area (TPSA) is 29.1 Å². The van der Waals surface area contributed by atoms with Gasteiger partial charge in [0.1, 0.15) is 5.41 Å². The van der Waals surface area contributed by atoms with Crippen molar-refractivity contribution < 1.29 is 18.0 Å². The summed E-state index contributed by atoms with van der Waals surface area (Å²) < 4.78 is 39.3. The van der Waals surface area contributed by atoms with E-state index in [0.29, 0.717) is 0 Å². The highest BCUT2D eigenvalue weighted by molar-refractivity contribution is 6.01. The Kier molecular flexibility index (Phi) is 2.95. The van der Waals surface area contributed by atoms with Crippen LogP contribution in [0.15, 0.2) is 30.3 Å². The number of ketones is 1. The molecule has 1 atom stereocenters. The highest BCUT2D eigenvalue weighted by Gasteiger charge is 2.61. The molecule has 1 aliphatic heterocycles. The van der Waals surface area contributed by atoms with E-state index < -0.39 is 17.4 Å². The average molecular weight is 243 g/mol. The molecule has 1 heterocycles. The van der Waals surface area contributed by atoms with E-state index in [2.05, 4.69) is 5.32 Å². The van der Waals surface area contributed by atoms with Crippen LogP contribution in [0.4, 0.5) is 13.2 Å². The molecular formula is C12H12F3NO. The molecule has 1 aromatic rings. The van der Waals surface area contributed by atoms with Gasteiger partial charge in [-0.25, -0.2) is 0 Å². The number of carbonyl (C=O) groups excluding carboxylic acids is 1. The van der Waals surface area contributed by atoms with Crippen LogP contribution < -0.4 is 5.32 Å². The summed E-state index contributed by atoms with van der Waals surface area (Å²) in [7, 11) is 0. The lowest BCUT2D eigenvalue weighted by Crippen LogP contribution is -2.46. The Hall–Kier alpha value is -1.36. The minimum atomic E-state index is -4.51. The third-order valence-electron chi connectivity index (χ3n) is 3.17. The maximum Gasteiger partial charge on any atom is 0.402 e. The van der Waals surface area contributed by atoms with Crippen LogP contribution >= 0.6 is 0 Å². The van der Waals surface area contributed by atoms with Crippen molar-refractivity contribution in [2.45, 2.75) is 12.6 Å². The van der Waals surface area contributed by atoms with Crippen LogP contribution in [0.5, 0.6) is 0 Å². The molecule has 1 N–H and O–H groups in total. The predicted octanol–water partition coefficient (Wildman–Crippen LogP) is 2.41. The average Bonchev–Trinajstić information content (AvgIpc) is 2.79. The molecular weight excluding hydrogens is 231 g/mol. The molecule has 1 aromatic carbocycles. The third-order valence-corrected chi connectivity index (χ3v) is 3.17. The maximum absolute atomic E-state index is 13.1. The Balaban J connectivity index is 2.39. The van der Waals surface area contributed by atoms with Crippen molar-refractivity contribution >= 4 is 5.78 Å². The number of carbonyl (C=O) groups is 1. The second kappa shape index (κ2) is 4.14. The first-order chi connectivity index (χ1) is 7.97. The highest BCUT2D eigenvalue weighted by Crippen LogP contribution is 2.45. The van der Waals surface area contributed by atoms with E-state index in [-0.39, 0.29) is 25.1 Å². The lowest BCUT2D eigenvalue weighted by atomic mass is 9.79. The van der Waals surface area contributed by atoms with E-state index in [4.69, 9.17) is 0 Å². The summed E-state index contributed by atoms with van der Waals surface area (Å²) in [6.45, 7) is -0.109. The first-order valence-corrected chi connectivity index (χ1v) is 5.35. The van der Waals surface area contributed by atoms with Crippen LogP contribution in [0.25, 0.3) is 0 Å². The molecule has 2 rings (SSSR count). The number of benzene rings is 1. The van der Waals surface area contributed by atoms with Crippen molar-refractivity contribution in [3.05, 3.63) is 35.9 Å². The van der Waals surface area contributed by atoms with Gasteiger partial charge in [0.25, 0.3) is 0 Å². The maximum atomic E-state index is 13.1. The number of rotatable bonds is 2. The van der Waals surface area contributed by atoms with E-state index in [0.717, 1.165) is 0 Å². The Bertz CT molecular complexity index is 408. The molecule has 0 radical (unpaired) electrons. The first-order valence-electron chi connectivity index (χ1n) is 5.35. The van der Waals surface area contributed by atoms with Gasteiger partial charge >= 0.3 is 6.18 Å². The van der Waals surface area contributed by atoms with Crippen LogP contribution in [-0.4, -0.2) is 25.0 Å². The van der Waals surface area contributed by atoms with Crippen LogP contribution in [0.1, 0.15) is 16.8 Å².